The number of hydrogen-bond donors (Lipinski definition) is 1. The minimum atomic E-state index is -2.94. The van der Waals surface area contributed by atoms with Crippen LogP contribution in [0.15, 0.2) is 48.5 Å². The van der Waals surface area contributed by atoms with Crippen LogP contribution in [0.1, 0.15) is 11.1 Å². The molecule has 0 unspecified atom stereocenters. The van der Waals surface area contributed by atoms with E-state index in [4.69, 9.17) is 11.6 Å². The molecule has 0 radical (unpaired) electrons. The van der Waals surface area contributed by atoms with Crippen molar-refractivity contribution in [2.75, 3.05) is 11.9 Å². The Balaban J connectivity index is 2.12. The lowest BCUT2D eigenvalue weighted by atomic mass is 10.1. The quantitative estimate of drug-likeness (QED) is 0.844. The Morgan fingerprint density at radius 1 is 1.11 bits per heavy atom. The Kier molecular flexibility index (Phi) is 4.05. The fraction of sp³-hybridized carbons (Fsp3) is 0.200. The largest absolute Gasteiger partial charge is 0.377 e. The third-order valence-corrected chi connectivity index (χ3v) is 3.15. The molecule has 19 heavy (non-hydrogen) atoms. The molecule has 0 aliphatic rings. The van der Waals surface area contributed by atoms with Gasteiger partial charge < -0.3 is 5.32 Å². The lowest BCUT2D eigenvalue weighted by Crippen LogP contribution is -2.24. The molecule has 1 nitrogen and oxygen atoms in total. The number of rotatable bonds is 4. The van der Waals surface area contributed by atoms with Crippen LogP contribution in [0.5, 0.6) is 0 Å². The van der Waals surface area contributed by atoms with Gasteiger partial charge in [0.1, 0.15) is 0 Å². The van der Waals surface area contributed by atoms with Crippen molar-refractivity contribution in [1.82, 2.24) is 0 Å². The SMILES string of the molecule is Cc1ccc(Cl)c(NCC(F)(F)c2ccccc2)c1. The summed E-state index contributed by atoms with van der Waals surface area (Å²) in [5.41, 5.74) is 1.48. The first-order valence-electron chi connectivity index (χ1n) is 5.92. The molecule has 0 aromatic heterocycles. The van der Waals surface area contributed by atoms with E-state index in [1.165, 1.54) is 12.1 Å². The van der Waals surface area contributed by atoms with Crippen LogP contribution >= 0.6 is 11.6 Å². The molecule has 2 aromatic rings. The fourth-order valence-electron chi connectivity index (χ4n) is 1.76. The van der Waals surface area contributed by atoms with Gasteiger partial charge in [0.25, 0.3) is 5.92 Å². The first-order valence-corrected chi connectivity index (χ1v) is 6.30. The van der Waals surface area contributed by atoms with E-state index in [1.54, 1.807) is 30.3 Å². The zero-order valence-corrected chi connectivity index (χ0v) is 11.2. The summed E-state index contributed by atoms with van der Waals surface area (Å²) in [6.07, 6.45) is 0. The summed E-state index contributed by atoms with van der Waals surface area (Å²) in [6, 6.07) is 13.0. The van der Waals surface area contributed by atoms with Crippen molar-refractivity contribution < 1.29 is 8.78 Å². The van der Waals surface area contributed by atoms with E-state index in [-0.39, 0.29) is 5.56 Å². The fourth-order valence-corrected chi connectivity index (χ4v) is 1.95. The van der Waals surface area contributed by atoms with E-state index >= 15 is 0 Å². The van der Waals surface area contributed by atoms with Crippen molar-refractivity contribution >= 4 is 17.3 Å². The van der Waals surface area contributed by atoms with Gasteiger partial charge in [-0.05, 0) is 24.6 Å². The molecule has 0 amide bonds. The number of aryl methyl sites for hydroxylation is 1. The summed E-state index contributed by atoms with van der Waals surface area (Å²) in [5.74, 6) is -2.94. The molecule has 0 bridgehead atoms. The molecule has 2 rings (SSSR count). The van der Waals surface area contributed by atoms with Crippen LogP contribution in [0.25, 0.3) is 0 Å². The first kappa shape index (κ1) is 13.8. The summed E-state index contributed by atoms with van der Waals surface area (Å²) >= 11 is 5.96. The van der Waals surface area contributed by atoms with Gasteiger partial charge >= 0.3 is 0 Å². The Labute approximate surface area is 116 Å². The number of benzene rings is 2. The maximum absolute atomic E-state index is 14.0. The van der Waals surface area contributed by atoms with Crippen LogP contribution in [0.3, 0.4) is 0 Å². The predicted molar refractivity (Wildman–Crippen MR) is 75.0 cm³/mol. The molecule has 0 aliphatic carbocycles. The van der Waals surface area contributed by atoms with Gasteiger partial charge in [0.05, 0.1) is 17.3 Å². The smallest absolute Gasteiger partial charge is 0.290 e. The summed E-state index contributed by atoms with van der Waals surface area (Å²) in [5, 5.41) is 3.15. The summed E-state index contributed by atoms with van der Waals surface area (Å²) in [6.45, 7) is 1.40. The van der Waals surface area contributed by atoms with E-state index < -0.39 is 12.5 Å². The summed E-state index contributed by atoms with van der Waals surface area (Å²) in [7, 11) is 0. The minimum Gasteiger partial charge on any atom is -0.377 e. The second kappa shape index (κ2) is 5.57. The van der Waals surface area contributed by atoms with Crippen molar-refractivity contribution in [3.63, 3.8) is 0 Å². The zero-order valence-electron chi connectivity index (χ0n) is 10.5. The summed E-state index contributed by atoms with van der Waals surface area (Å²) in [4.78, 5) is 0. The molecule has 0 aliphatic heterocycles. The molecule has 1 N–H and O–H groups in total. The van der Waals surface area contributed by atoms with Crippen LogP contribution in [0.2, 0.25) is 5.02 Å². The third kappa shape index (κ3) is 3.44. The van der Waals surface area contributed by atoms with E-state index in [0.717, 1.165) is 5.56 Å². The van der Waals surface area contributed by atoms with Crippen LogP contribution in [-0.4, -0.2) is 6.54 Å². The highest BCUT2D eigenvalue weighted by molar-refractivity contribution is 6.33. The van der Waals surface area contributed by atoms with Crippen molar-refractivity contribution in [1.29, 1.82) is 0 Å². The Morgan fingerprint density at radius 2 is 1.79 bits per heavy atom. The predicted octanol–water partition coefficient (Wildman–Crippen LogP) is 4.85. The molecule has 0 fully saturated rings. The second-order valence-electron chi connectivity index (χ2n) is 4.41. The summed E-state index contributed by atoms with van der Waals surface area (Å²) < 4.78 is 27.9. The molecule has 4 heteroatoms. The average molecular weight is 282 g/mol. The van der Waals surface area contributed by atoms with Crippen molar-refractivity contribution in [3.05, 3.63) is 64.7 Å². The van der Waals surface area contributed by atoms with Crippen LogP contribution < -0.4 is 5.32 Å². The van der Waals surface area contributed by atoms with E-state index in [9.17, 15) is 8.78 Å². The Bertz CT molecular complexity index is 555. The Morgan fingerprint density at radius 3 is 2.47 bits per heavy atom. The number of alkyl halides is 2. The molecule has 100 valence electrons. The number of nitrogens with one attached hydrogen (secondary N) is 1. The first-order chi connectivity index (χ1) is 8.99. The highest BCUT2D eigenvalue weighted by atomic mass is 35.5. The molecule has 0 atom stereocenters. The molecule has 0 heterocycles. The van der Waals surface area contributed by atoms with Gasteiger partial charge in [-0.3, -0.25) is 0 Å². The molecule has 0 saturated carbocycles. The number of anilines is 1. The van der Waals surface area contributed by atoms with Gasteiger partial charge in [0.2, 0.25) is 0 Å². The van der Waals surface area contributed by atoms with Gasteiger partial charge in [0.15, 0.2) is 0 Å². The van der Waals surface area contributed by atoms with Crippen LogP contribution in [0, 0.1) is 6.92 Å². The maximum atomic E-state index is 14.0. The molecule has 0 spiro atoms. The van der Waals surface area contributed by atoms with Gasteiger partial charge in [-0.15, -0.1) is 0 Å². The van der Waals surface area contributed by atoms with Gasteiger partial charge in [-0.25, -0.2) is 0 Å². The maximum Gasteiger partial charge on any atom is 0.290 e. The zero-order chi connectivity index (χ0) is 13.9. The highest BCUT2D eigenvalue weighted by Crippen LogP contribution is 2.30. The van der Waals surface area contributed by atoms with E-state index in [1.807, 2.05) is 13.0 Å². The standard InChI is InChI=1S/C15H14ClF2N/c1-11-7-8-13(16)14(9-11)19-10-15(17,18)12-5-3-2-4-6-12/h2-9,19H,10H2,1H3. The van der Waals surface area contributed by atoms with Crippen LogP contribution in [0.4, 0.5) is 14.5 Å². The second-order valence-corrected chi connectivity index (χ2v) is 4.81. The van der Waals surface area contributed by atoms with Crippen molar-refractivity contribution in [2.45, 2.75) is 12.8 Å². The highest BCUT2D eigenvalue weighted by Gasteiger charge is 2.31. The third-order valence-electron chi connectivity index (χ3n) is 2.82. The van der Waals surface area contributed by atoms with Gasteiger partial charge in [-0.1, -0.05) is 48.0 Å². The normalized spacial score (nSPS) is 11.4. The topological polar surface area (TPSA) is 12.0 Å². The molecular formula is C15H14ClF2N. The Hall–Kier alpha value is -1.61. The molecule has 0 saturated heterocycles. The van der Waals surface area contributed by atoms with Crippen molar-refractivity contribution in [3.8, 4) is 0 Å². The van der Waals surface area contributed by atoms with Crippen LogP contribution in [-0.2, 0) is 5.92 Å². The number of halogens is 3. The lowest BCUT2D eigenvalue weighted by molar-refractivity contribution is 0.0106. The monoisotopic (exact) mass is 281 g/mol. The minimum absolute atomic E-state index is 0.00808. The average Bonchev–Trinajstić information content (AvgIpc) is 2.41. The van der Waals surface area contributed by atoms with Gasteiger partial charge in [0, 0.05) is 5.56 Å². The lowest BCUT2D eigenvalue weighted by Gasteiger charge is -2.18. The van der Waals surface area contributed by atoms with Gasteiger partial charge in [-0.2, -0.15) is 8.78 Å². The molecular weight excluding hydrogens is 268 g/mol. The van der Waals surface area contributed by atoms with E-state index in [0.29, 0.717) is 10.7 Å². The molecule has 2 aromatic carbocycles. The van der Waals surface area contributed by atoms with Crippen molar-refractivity contribution in [2.24, 2.45) is 0 Å². The number of hydrogen-bond acceptors (Lipinski definition) is 1. The van der Waals surface area contributed by atoms with E-state index in [2.05, 4.69) is 5.32 Å².